The first-order chi connectivity index (χ1) is 18.5. The summed E-state index contributed by atoms with van der Waals surface area (Å²) in [4.78, 5) is 11.9. The topological polar surface area (TPSA) is 93.6 Å². The van der Waals surface area contributed by atoms with Crippen molar-refractivity contribution in [2.45, 2.75) is 25.8 Å². The van der Waals surface area contributed by atoms with Crippen LogP contribution in [0.25, 0.3) is 11.0 Å². The molecule has 0 saturated heterocycles. The molecule has 1 aliphatic heterocycles. The number of hydrazone groups is 1. The van der Waals surface area contributed by atoms with E-state index in [0.717, 1.165) is 47.7 Å². The molecular weight excluding hydrogens is 484 g/mol. The third-order valence-corrected chi connectivity index (χ3v) is 6.18. The summed E-state index contributed by atoms with van der Waals surface area (Å²) in [6, 6.07) is 12.4. The highest BCUT2D eigenvalue weighted by Gasteiger charge is 2.20. The Kier molecular flexibility index (Phi) is 9.69. The molecule has 3 aromatic rings. The fourth-order valence-corrected chi connectivity index (χ4v) is 4.20. The van der Waals surface area contributed by atoms with Crippen molar-refractivity contribution in [1.29, 1.82) is 0 Å². The van der Waals surface area contributed by atoms with E-state index in [1.165, 1.54) is 0 Å². The quantitative estimate of drug-likeness (QED) is 0.251. The van der Waals surface area contributed by atoms with Gasteiger partial charge in [0.15, 0.2) is 6.79 Å². The van der Waals surface area contributed by atoms with Crippen LogP contribution in [-0.4, -0.2) is 88.1 Å². The average Bonchev–Trinajstić information content (AvgIpc) is 3.36. The van der Waals surface area contributed by atoms with E-state index >= 15 is 0 Å². The van der Waals surface area contributed by atoms with Crippen LogP contribution in [0.15, 0.2) is 47.7 Å². The molecule has 0 saturated carbocycles. The lowest BCUT2D eigenvalue weighted by atomic mass is 10.1. The Bertz CT molecular complexity index is 1220. The number of rotatable bonds is 14. The van der Waals surface area contributed by atoms with Crippen LogP contribution in [0.3, 0.4) is 0 Å². The van der Waals surface area contributed by atoms with E-state index in [1.54, 1.807) is 14.2 Å². The van der Waals surface area contributed by atoms with E-state index in [0.29, 0.717) is 30.8 Å². The third-order valence-electron chi connectivity index (χ3n) is 6.18. The molecule has 204 valence electrons. The van der Waals surface area contributed by atoms with E-state index in [9.17, 15) is 0 Å². The Balaban J connectivity index is 1.64. The number of methoxy groups -OCH3 is 2. The molecule has 0 bridgehead atoms. The molecule has 0 amide bonds. The molecule has 1 unspecified atom stereocenters. The van der Waals surface area contributed by atoms with Crippen molar-refractivity contribution in [2.75, 3.05) is 65.8 Å². The van der Waals surface area contributed by atoms with E-state index in [-0.39, 0.29) is 12.7 Å². The molecule has 0 radical (unpaired) electrons. The average molecular weight is 523 g/mol. The normalized spacial score (nSPS) is 15.0. The second-order valence-electron chi connectivity index (χ2n) is 9.47. The summed E-state index contributed by atoms with van der Waals surface area (Å²) in [5.41, 5.74) is 4.55. The van der Waals surface area contributed by atoms with Gasteiger partial charge in [-0.2, -0.15) is 5.10 Å². The molecule has 4 rings (SSSR count). The van der Waals surface area contributed by atoms with Crippen LogP contribution < -0.4 is 19.7 Å². The van der Waals surface area contributed by atoms with E-state index in [2.05, 4.69) is 46.3 Å². The number of hydrogen-bond acceptors (Lipinski definition) is 10. The molecule has 10 nitrogen and oxygen atoms in total. The molecule has 1 atom stereocenters. The summed E-state index contributed by atoms with van der Waals surface area (Å²) in [5.74, 6) is 1.49. The molecule has 2 heterocycles. The van der Waals surface area contributed by atoms with Crippen LogP contribution in [0.4, 0.5) is 11.4 Å². The van der Waals surface area contributed by atoms with Gasteiger partial charge >= 0.3 is 0 Å². The number of likely N-dealkylation sites (N-methyl/N-ethyl adjacent to an activating group) is 1. The lowest BCUT2D eigenvalue weighted by Gasteiger charge is -2.27. The molecule has 2 aromatic carbocycles. The zero-order chi connectivity index (χ0) is 26.9. The molecule has 0 aliphatic carbocycles. The van der Waals surface area contributed by atoms with Crippen molar-refractivity contribution in [3.63, 3.8) is 0 Å². The van der Waals surface area contributed by atoms with Crippen LogP contribution in [0.2, 0.25) is 0 Å². The second kappa shape index (κ2) is 13.4. The van der Waals surface area contributed by atoms with Crippen LogP contribution in [0, 0.1) is 0 Å². The highest BCUT2D eigenvalue weighted by molar-refractivity contribution is 5.82. The molecule has 10 heteroatoms. The first-order valence-corrected chi connectivity index (χ1v) is 12.9. The molecule has 1 aliphatic rings. The molecule has 38 heavy (non-hydrogen) atoms. The molecular formula is C28H38N6O4. The van der Waals surface area contributed by atoms with Crippen molar-refractivity contribution < 1.29 is 18.9 Å². The first-order valence-electron chi connectivity index (χ1n) is 12.9. The fourth-order valence-electron chi connectivity index (χ4n) is 4.20. The maximum Gasteiger partial charge on any atom is 0.189 e. The van der Waals surface area contributed by atoms with Crippen LogP contribution in [-0.2, 0) is 9.47 Å². The zero-order valence-electron chi connectivity index (χ0n) is 22.9. The van der Waals surface area contributed by atoms with Gasteiger partial charge in [-0.05, 0) is 18.2 Å². The van der Waals surface area contributed by atoms with Gasteiger partial charge < -0.3 is 29.2 Å². The minimum Gasteiger partial charge on any atom is -0.497 e. The molecule has 0 spiro atoms. The van der Waals surface area contributed by atoms with Gasteiger partial charge in [0, 0.05) is 81.8 Å². The fraction of sp³-hybridized carbons (Fsp3) is 0.464. The largest absolute Gasteiger partial charge is 0.497 e. The van der Waals surface area contributed by atoms with Gasteiger partial charge in [-0.15, -0.1) is 0 Å². The smallest absolute Gasteiger partial charge is 0.189 e. The number of nitrogens with zero attached hydrogens (tertiary/aromatic N) is 5. The Morgan fingerprint density at radius 1 is 1.05 bits per heavy atom. The van der Waals surface area contributed by atoms with Crippen molar-refractivity contribution in [3.8, 4) is 11.5 Å². The molecule has 1 N–H and O–H groups in total. The zero-order valence-corrected chi connectivity index (χ0v) is 22.9. The number of ether oxygens (including phenoxy) is 4. The molecule has 0 fully saturated rings. The summed E-state index contributed by atoms with van der Waals surface area (Å²) < 4.78 is 22.0. The van der Waals surface area contributed by atoms with Gasteiger partial charge in [-0.3, -0.25) is 9.99 Å². The summed E-state index contributed by atoms with van der Waals surface area (Å²) in [6.07, 6.45) is 3.78. The van der Waals surface area contributed by atoms with Gasteiger partial charge in [0.25, 0.3) is 0 Å². The summed E-state index contributed by atoms with van der Waals surface area (Å²) >= 11 is 0. The number of benzene rings is 2. The van der Waals surface area contributed by atoms with Crippen molar-refractivity contribution in [1.82, 2.24) is 20.3 Å². The second-order valence-corrected chi connectivity index (χ2v) is 9.47. The summed E-state index contributed by atoms with van der Waals surface area (Å²) in [6.45, 7) is 7.70. The van der Waals surface area contributed by atoms with E-state index < -0.39 is 0 Å². The van der Waals surface area contributed by atoms with Gasteiger partial charge in [-0.25, -0.2) is 4.98 Å². The van der Waals surface area contributed by atoms with Crippen LogP contribution in [0.5, 0.6) is 11.5 Å². The Morgan fingerprint density at radius 2 is 1.89 bits per heavy atom. The van der Waals surface area contributed by atoms with Gasteiger partial charge in [0.2, 0.25) is 0 Å². The van der Waals surface area contributed by atoms with Gasteiger partial charge in [0.05, 0.1) is 43.0 Å². The van der Waals surface area contributed by atoms with Crippen molar-refractivity contribution >= 4 is 28.6 Å². The number of hydrogen-bond donors (Lipinski definition) is 1. The predicted molar refractivity (Wildman–Crippen MR) is 150 cm³/mol. The minimum atomic E-state index is 0.124. The van der Waals surface area contributed by atoms with E-state index in [1.807, 2.05) is 48.7 Å². The van der Waals surface area contributed by atoms with Crippen LogP contribution >= 0.6 is 0 Å². The highest BCUT2D eigenvalue weighted by atomic mass is 16.7. The predicted octanol–water partition coefficient (Wildman–Crippen LogP) is 3.79. The lowest BCUT2D eigenvalue weighted by Crippen LogP contribution is -2.32. The Labute approximate surface area is 224 Å². The van der Waals surface area contributed by atoms with Crippen LogP contribution in [0.1, 0.15) is 25.5 Å². The Hall–Kier alpha value is -3.47. The van der Waals surface area contributed by atoms with Gasteiger partial charge in [0.1, 0.15) is 11.5 Å². The summed E-state index contributed by atoms with van der Waals surface area (Å²) in [7, 11) is 5.26. The SMILES string of the molecule is COCCOCOc1cc(OC)cc(N(CCNC(C)C)c2ccc3ncc(C4C=NN(C)C4)nc3c2)c1. The summed E-state index contributed by atoms with van der Waals surface area (Å²) in [5, 5.41) is 9.79. The number of nitrogens with one attached hydrogen (secondary N) is 1. The monoisotopic (exact) mass is 522 g/mol. The van der Waals surface area contributed by atoms with Gasteiger partial charge in [-0.1, -0.05) is 13.8 Å². The highest BCUT2D eigenvalue weighted by Crippen LogP contribution is 2.34. The minimum absolute atomic E-state index is 0.124. The lowest BCUT2D eigenvalue weighted by molar-refractivity contribution is -0.00851. The first kappa shape index (κ1) is 27.6. The number of fused-ring (bicyclic) bond motifs is 1. The third kappa shape index (κ3) is 7.31. The number of aromatic nitrogens is 2. The van der Waals surface area contributed by atoms with E-state index in [4.69, 9.17) is 23.9 Å². The van der Waals surface area contributed by atoms with Crippen molar-refractivity contribution in [2.24, 2.45) is 5.10 Å². The maximum absolute atomic E-state index is 5.88. The maximum atomic E-state index is 5.88. The standard InChI is InChI=1S/C28H38N6O4/c1-20(2)29-8-9-34(23-12-24(36-5)15-25(13-23)38-19-37-11-10-35-4)22-6-7-26-27(14-22)32-28(17-30-26)21-16-31-33(3)18-21/h6-7,12-17,20-21,29H,8-11,18-19H2,1-5H3. The van der Waals surface area contributed by atoms with Crippen molar-refractivity contribution in [3.05, 3.63) is 48.3 Å². The molecule has 1 aromatic heterocycles. The Morgan fingerprint density at radius 3 is 2.63 bits per heavy atom. The number of anilines is 2.